The van der Waals surface area contributed by atoms with E-state index in [-0.39, 0.29) is 67.1 Å². The molecule has 0 bridgehead atoms. The van der Waals surface area contributed by atoms with Crippen molar-refractivity contribution < 1.29 is 39.6 Å². The van der Waals surface area contributed by atoms with Gasteiger partial charge >= 0.3 is 0 Å². The summed E-state index contributed by atoms with van der Waals surface area (Å²) in [5.74, 6) is -7.67. The Balaban J connectivity index is 0.00000253. The van der Waals surface area contributed by atoms with Gasteiger partial charge in [0.25, 0.3) is 5.91 Å². The Bertz CT molecular complexity index is 1450. The number of likely N-dealkylation sites (N-methyl/N-ethyl adjacent to an activating group) is 1. The fourth-order valence-electron chi connectivity index (χ4n) is 6.51. The largest absolute Gasteiger partial charge is 0.510 e. The Labute approximate surface area is 260 Å². The zero-order chi connectivity index (χ0) is 30.1. The SMILES string of the molecule is CN(C)c1cc(NC(=O)CNC2CC2)c(O)c2c1CC1CC3[C@H](N(C)C)C(O)=C(C(N)=O)C(=O)C3(O)C(O)=C1C2=O.Cl.Cl. The van der Waals surface area contributed by atoms with Crippen LogP contribution in [0.3, 0.4) is 0 Å². The number of carbonyl (C=O) groups excluding carboxylic acids is 4. The molecule has 3 unspecified atom stereocenters. The zero-order valence-corrected chi connectivity index (χ0v) is 25.8. The van der Waals surface area contributed by atoms with Crippen LogP contribution in [0.2, 0.25) is 0 Å². The number of phenols is 1. The predicted octanol–water partition coefficient (Wildman–Crippen LogP) is 0.721. The van der Waals surface area contributed by atoms with Crippen LogP contribution in [0, 0.1) is 11.8 Å². The fraction of sp³-hybridized carbons (Fsp3) is 0.500. The van der Waals surface area contributed by atoms with Gasteiger partial charge in [-0.3, -0.25) is 24.1 Å². The Morgan fingerprint density at radius 3 is 2.26 bits per heavy atom. The summed E-state index contributed by atoms with van der Waals surface area (Å²) in [6, 6.07) is 0.792. The number of carbonyl (C=O) groups is 4. The van der Waals surface area contributed by atoms with Crippen molar-refractivity contribution in [2.75, 3.05) is 45.0 Å². The molecule has 0 aliphatic heterocycles. The quantitative estimate of drug-likeness (QED) is 0.163. The van der Waals surface area contributed by atoms with E-state index in [1.807, 2.05) is 0 Å². The van der Waals surface area contributed by atoms with E-state index in [9.17, 15) is 39.6 Å². The number of amides is 2. The Morgan fingerprint density at radius 2 is 1.72 bits per heavy atom. The standard InChI is InChI=1S/C28H35N5O8.2ClH/c1-32(2)16-9-15(31-17(34)10-30-12-5-6-12)22(35)19-13(16)7-11-8-14-21(33(3)4)24(37)20(27(29)40)26(39)28(14,41)25(38)18(11)23(19)36;;/h9,11-12,14,21,30,35,37-38,41H,5-8,10H2,1-4H3,(H2,29,40)(H,31,34);2*1H/t11?,14?,21-,28?;;/m0../s1. The van der Waals surface area contributed by atoms with Crippen LogP contribution >= 0.6 is 24.8 Å². The van der Waals surface area contributed by atoms with Gasteiger partial charge in [0, 0.05) is 37.3 Å². The molecule has 5 rings (SSSR count). The molecule has 0 saturated heterocycles. The highest BCUT2D eigenvalue weighted by molar-refractivity contribution is 6.25. The van der Waals surface area contributed by atoms with E-state index in [1.165, 1.54) is 4.90 Å². The van der Waals surface area contributed by atoms with E-state index in [0.29, 0.717) is 11.3 Å². The molecule has 1 aromatic rings. The van der Waals surface area contributed by atoms with Crippen LogP contribution in [0.5, 0.6) is 5.75 Å². The number of benzene rings is 1. The van der Waals surface area contributed by atoms with Gasteiger partial charge in [-0.25, -0.2) is 0 Å². The number of hydrogen-bond donors (Lipinski definition) is 7. The first-order valence-electron chi connectivity index (χ1n) is 13.4. The molecule has 0 aromatic heterocycles. The lowest BCUT2D eigenvalue weighted by Crippen LogP contribution is -2.63. The number of anilines is 2. The number of nitrogens with zero attached hydrogens (tertiary/aromatic N) is 2. The van der Waals surface area contributed by atoms with E-state index < -0.39 is 69.7 Å². The monoisotopic (exact) mass is 641 g/mol. The molecular formula is C28H37Cl2N5O8. The van der Waals surface area contributed by atoms with E-state index in [2.05, 4.69) is 10.6 Å². The molecule has 1 saturated carbocycles. The van der Waals surface area contributed by atoms with Gasteiger partial charge in [0.2, 0.25) is 11.7 Å². The van der Waals surface area contributed by atoms with E-state index in [1.54, 1.807) is 39.2 Å². The second-order valence-corrected chi connectivity index (χ2v) is 11.7. The van der Waals surface area contributed by atoms with Gasteiger partial charge in [0.1, 0.15) is 17.1 Å². The molecule has 0 radical (unpaired) electrons. The number of aromatic hydroxyl groups is 1. The lowest BCUT2D eigenvalue weighted by atomic mass is 9.58. The maximum absolute atomic E-state index is 14.0. The second kappa shape index (κ2) is 12.0. The summed E-state index contributed by atoms with van der Waals surface area (Å²) >= 11 is 0. The first kappa shape index (κ1) is 34.1. The molecule has 8 N–H and O–H groups in total. The molecule has 0 heterocycles. The summed E-state index contributed by atoms with van der Waals surface area (Å²) in [6.07, 6.45) is 2.10. The molecule has 4 aliphatic rings. The summed E-state index contributed by atoms with van der Waals surface area (Å²) in [5, 5.41) is 51.0. The normalized spacial score (nSPS) is 26.1. The average molecular weight is 643 g/mol. The maximum Gasteiger partial charge on any atom is 0.255 e. The van der Waals surface area contributed by atoms with Crippen LogP contribution in [0.4, 0.5) is 11.4 Å². The number of aliphatic hydroxyl groups excluding tert-OH is 2. The van der Waals surface area contributed by atoms with Crippen LogP contribution in [-0.2, 0) is 20.8 Å². The van der Waals surface area contributed by atoms with Crippen LogP contribution in [0.25, 0.3) is 0 Å². The minimum absolute atomic E-state index is 0. The number of fused-ring (bicyclic) bond motifs is 3. The summed E-state index contributed by atoms with van der Waals surface area (Å²) in [6.45, 7) is 0.0204. The lowest BCUT2D eigenvalue weighted by molar-refractivity contribution is -0.148. The van der Waals surface area contributed by atoms with Gasteiger partial charge in [-0.1, -0.05) is 0 Å². The summed E-state index contributed by atoms with van der Waals surface area (Å²) in [5.41, 5.74) is 2.40. The zero-order valence-electron chi connectivity index (χ0n) is 24.1. The van der Waals surface area contributed by atoms with Crippen molar-refractivity contribution in [3.05, 3.63) is 39.9 Å². The molecule has 1 fully saturated rings. The molecule has 13 nitrogen and oxygen atoms in total. The van der Waals surface area contributed by atoms with Gasteiger partial charge in [0.15, 0.2) is 17.1 Å². The second-order valence-electron chi connectivity index (χ2n) is 11.7. The fourth-order valence-corrected chi connectivity index (χ4v) is 6.51. The van der Waals surface area contributed by atoms with Gasteiger partial charge in [-0.05, 0) is 57.3 Å². The van der Waals surface area contributed by atoms with Gasteiger partial charge < -0.3 is 41.7 Å². The maximum atomic E-state index is 14.0. The molecule has 43 heavy (non-hydrogen) atoms. The molecule has 4 aliphatic carbocycles. The van der Waals surface area contributed by atoms with Crippen molar-refractivity contribution in [2.24, 2.45) is 17.6 Å². The smallest absolute Gasteiger partial charge is 0.255 e. The van der Waals surface area contributed by atoms with Crippen LogP contribution in [-0.4, -0.2) is 101 Å². The number of primary amides is 1. The third kappa shape index (κ3) is 5.33. The first-order valence-corrected chi connectivity index (χ1v) is 13.4. The van der Waals surface area contributed by atoms with E-state index in [0.717, 1.165) is 12.8 Å². The van der Waals surface area contributed by atoms with Gasteiger partial charge in [-0.2, -0.15) is 0 Å². The van der Waals surface area contributed by atoms with Crippen molar-refractivity contribution in [1.29, 1.82) is 0 Å². The van der Waals surface area contributed by atoms with Crippen molar-refractivity contribution in [2.45, 2.75) is 43.4 Å². The van der Waals surface area contributed by atoms with Crippen LogP contribution in [0.1, 0.15) is 35.2 Å². The molecular weight excluding hydrogens is 605 g/mol. The number of nitrogens with two attached hydrogens (primary N) is 1. The first-order chi connectivity index (χ1) is 19.2. The third-order valence-electron chi connectivity index (χ3n) is 8.58. The number of allylic oxidation sites excluding steroid dienone is 1. The molecule has 236 valence electrons. The number of rotatable bonds is 7. The molecule has 0 spiro atoms. The molecule has 4 atom stereocenters. The highest BCUT2D eigenvalue weighted by Gasteiger charge is 2.63. The highest BCUT2D eigenvalue weighted by atomic mass is 35.5. The summed E-state index contributed by atoms with van der Waals surface area (Å²) in [7, 11) is 6.64. The van der Waals surface area contributed by atoms with E-state index in [4.69, 9.17) is 5.73 Å². The third-order valence-corrected chi connectivity index (χ3v) is 8.58. The molecule has 15 heteroatoms. The Hall–Kier alpha value is -3.36. The van der Waals surface area contributed by atoms with E-state index >= 15 is 0 Å². The Morgan fingerprint density at radius 1 is 1.09 bits per heavy atom. The number of hydrogen-bond acceptors (Lipinski definition) is 11. The van der Waals surface area contributed by atoms with Crippen molar-refractivity contribution in [1.82, 2.24) is 10.2 Å². The molecule has 1 aromatic carbocycles. The van der Waals surface area contributed by atoms with Crippen molar-refractivity contribution in [3.63, 3.8) is 0 Å². The van der Waals surface area contributed by atoms with Crippen molar-refractivity contribution in [3.8, 4) is 5.75 Å². The summed E-state index contributed by atoms with van der Waals surface area (Å²) < 4.78 is 0. The number of halogens is 2. The Kier molecular flexibility index (Phi) is 9.50. The van der Waals surface area contributed by atoms with Crippen LogP contribution < -0.4 is 21.3 Å². The topological polar surface area (TPSA) is 206 Å². The number of nitrogens with one attached hydrogen (secondary N) is 2. The number of Topliss-reactive ketones (excluding diaryl/α,β-unsaturated/α-hetero) is 2. The van der Waals surface area contributed by atoms with Crippen LogP contribution in [0.15, 0.2) is 28.7 Å². The summed E-state index contributed by atoms with van der Waals surface area (Å²) in [4.78, 5) is 55.4. The number of phenolic OH excluding ortho intramolecular Hbond substituents is 1. The predicted molar refractivity (Wildman–Crippen MR) is 162 cm³/mol. The lowest BCUT2D eigenvalue weighted by Gasteiger charge is -2.50. The average Bonchev–Trinajstić information content (AvgIpc) is 3.70. The number of aliphatic hydroxyl groups is 3. The van der Waals surface area contributed by atoms with Gasteiger partial charge in [0.05, 0.1) is 23.8 Å². The van der Waals surface area contributed by atoms with Gasteiger partial charge in [-0.15, -0.1) is 24.8 Å². The highest BCUT2D eigenvalue weighted by Crippen LogP contribution is 2.53. The minimum atomic E-state index is -2.72. The molecule has 2 amide bonds. The number of ketones is 2. The van der Waals surface area contributed by atoms with Crippen molar-refractivity contribution >= 4 is 59.6 Å². The minimum Gasteiger partial charge on any atom is -0.510 e.